The second-order valence-electron chi connectivity index (χ2n) is 6.83. The van der Waals surface area contributed by atoms with Crippen molar-refractivity contribution >= 4 is 0 Å². The van der Waals surface area contributed by atoms with Crippen molar-refractivity contribution in [2.45, 2.75) is 33.8 Å². The molecule has 21 heavy (non-hydrogen) atoms. The first kappa shape index (κ1) is 18.1. The molecule has 0 spiro atoms. The summed E-state index contributed by atoms with van der Waals surface area (Å²) in [5.41, 5.74) is 3.48. The van der Waals surface area contributed by atoms with Crippen LogP contribution in [0.2, 0.25) is 0 Å². The summed E-state index contributed by atoms with van der Waals surface area (Å²) in [5.74, 6) is 0.610. The summed E-state index contributed by atoms with van der Waals surface area (Å²) in [7, 11) is 4.18. The number of aliphatic hydroxyl groups is 1. The van der Waals surface area contributed by atoms with Gasteiger partial charge in [0, 0.05) is 26.2 Å². The lowest BCUT2D eigenvalue weighted by Gasteiger charge is -2.28. The molecule has 1 aromatic rings. The van der Waals surface area contributed by atoms with E-state index in [9.17, 15) is 5.11 Å². The van der Waals surface area contributed by atoms with E-state index in [0.717, 1.165) is 25.2 Å². The van der Waals surface area contributed by atoms with Crippen LogP contribution in [-0.4, -0.2) is 55.2 Å². The molecule has 120 valence electrons. The molecule has 1 unspecified atom stereocenters. The molecule has 3 heteroatoms. The maximum Gasteiger partial charge on any atom is 0.0919 e. The molecule has 0 aliphatic heterocycles. The van der Waals surface area contributed by atoms with Crippen LogP contribution < -0.4 is 0 Å². The van der Waals surface area contributed by atoms with Crippen molar-refractivity contribution in [3.63, 3.8) is 0 Å². The van der Waals surface area contributed by atoms with Crippen molar-refractivity contribution in [1.82, 2.24) is 9.80 Å². The highest BCUT2D eigenvalue weighted by Crippen LogP contribution is 2.20. The molecule has 0 aromatic heterocycles. The molecular formula is C18H32N2O. The average Bonchev–Trinajstić information content (AvgIpc) is 2.34. The summed E-state index contributed by atoms with van der Waals surface area (Å²) < 4.78 is 0. The molecule has 0 heterocycles. The fraction of sp³-hybridized carbons (Fsp3) is 0.667. The van der Waals surface area contributed by atoms with Gasteiger partial charge >= 0.3 is 0 Å². The SMILES string of the molecule is Cc1ccc(C(O)CN(CCN(C)C)CC(C)C)c(C)c1. The number of rotatable bonds is 8. The molecule has 1 aromatic carbocycles. The Morgan fingerprint density at radius 2 is 1.71 bits per heavy atom. The molecule has 0 saturated heterocycles. The van der Waals surface area contributed by atoms with E-state index < -0.39 is 6.10 Å². The number of hydrogen-bond donors (Lipinski definition) is 1. The maximum atomic E-state index is 10.6. The predicted octanol–water partition coefficient (Wildman–Crippen LogP) is 2.86. The van der Waals surface area contributed by atoms with Crippen molar-refractivity contribution < 1.29 is 5.11 Å². The highest BCUT2D eigenvalue weighted by atomic mass is 16.3. The van der Waals surface area contributed by atoms with Gasteiger partial charge in [0.15, 0.2) is 0 Å². The number of likely N-dealkylation sites (N-methyl/N-ethyl adjacent to an activating group) is 1. The normalized spacial score (nSPS) is 13.4. The van der Waals surface area contributed by atoms with Crippen LogP contribution in [0, 0.1) is 19.8 Å². The standard InChI is InChI=1S/C18H32N2O/c1-14(2)12-20(10-9-19(5)6)13-18(21)17-8-7-15(3)11-16(17)4/h7-8,11,14,18,21H,9-10,12-13H2,1-6H3. The van der Waals surface area contributed by atoms with Crippen molar-refractivity contribution in [2.75, 3.05) is 40.3 Å². The van der Waals surface area contributed by atoms with Crippen LogP contribution in [0.3, 0.4) is 0 Å². The number of aliphatic hydroxyl groups excluding tert-OH is 1. The van der Waals surface area contributed by atoms with Gasteiger partial charge in [0.05, 0.1) is 6.10 Å². The molecule has 0 aliphatic carbocycles. The van der Waals surface area contributed by atoms with E-state index in [2.05, 4.69) is 69.8 Å². The van der Waals surface area contributed by atoms with E-state index in [1.807, 2.05) is 0 Å². The van der Waals surface area contributed by atoms with Gasteiger partial charge in [-0.1, -0.05) is 37.6 Å². The van der Waals surface area contributed by atoms with Crippen molar-refractivity contribution in [1.29, 1.82) is 0 Å². The van der Waals surface area contributed by atoms with Crippen LogP contribution in [0.5, 0.6) is 0 Å². The monoisotopic (exact) mass is 292 g/mol. The summed E-state index contributed by atoms with van der Waals surface area (Å²) in [6.45, 7) is 12.4. The smallest absolute Gasteiger partial charge is 0.0919 e. The molecule has 0 fully saturated rings. The minimum absolute atomic E-state index is 0.411. The van der Waals surface area contributed by atoms with Gasteiger partial charge in [-0.15, -0.1) is 0 Å². The van der Waals surface area contributed by atoms with E-state index in [1.54, 1.807) is 0 Å². The fourth-order valence-electron chi connectivity index (χ4n) is 2.66. The lowest BCUT2D eigenvalue weighted by Crippen LogP contribution is -2.37. The van der Waals surface area contributed by atoms with Crippen LogP contribution in [-0.2, 0) is 0 Å². The Balaban J connectivity index is 2.71. The first-order chi connectivity index (χ1) is 9.79. The predicted molar refractivity (Wildman–Crippen MR) is 90.7 cm³/mol. The first-order valence-electron chi connectivity index (χ1n) is 7.92. The molecule has 0 saturated carbocycles. The van der Waals surface area contributed by atoms with E-state index in [0.29, 0.717) is 12.5 Å². The number of aryl methyl sites for hydroxylation is 2. The third kappa shape index (κ3) is 6.60. The Bertz CT molecular complexity index is 429. The third-order valence-corrected chi connectivity index (χ3v) is 3.70. The molecule has 3 nitrogen and oxygen atoms in total. The summed E-state index contributed by atoms with van der Waals surface area (Å²) >= 11 is 0. The van der Waals surface area contributed by atoms with E-state index >= 15 is 0 Å². The van der Waals surface area contributed by atoms with Gasteiger partial charge in [-0.2, -0.15) is 0 Å². The fourth-order valence-corrected chi connectivity index (χ4v) is 2.66. The van der Waals surface area contributed by atoms with Gasteiger partial charge in [-0.3, -0.25) is 4.90 Å². The van der Waals surface area contributed by atoms with Gasteiger partial charge in [0.2, 0.25) is 0 Å². The highest BCUT2D eigenvalue weighted by molar-refractivity contribution is 5.32. The van der Waals surface area contributed by atoms with E-state index in [-0.39, 0.29) is 0 Å². The third-order valence-electron chi connectivity index (χ3n) is 3.70. The Kier molecular flexibility index (Phi) is 7.36. The molecule has 1 rings (SSSR count). The number of benzene rings is 1. The van der Waals surface area contributed by atoms with Gasteiger partial charge in [0.25, 0.3) is 0 Å². The molecule has 0 bridgehead atoms. The minimum Gasteiger partial charge on any atom is -0.387 e. The van der Waals surface area contributed by atoms with E-state index in [4.69, 9.17) is 0 Å². The lowest BCUT2D eigenvalue weighted by atomic mass is 10.0. The zero-order chi connectivity index (χ0) is 16.0. The largest absolute Gasteiger partial charge is 0.387 e. The zero-order valence-electron chi connectivity index (χ0n) is 14.6. The second-order valence-corrected chi connectivity index (χ2v) is 6.83. The minimum atomic E-state index is -0.411. The van der Waals surface area contributed by atoms with Gasteiger partial charge in [0.1, 0.15) is 0 Å². The Hall–Kier alpha value is -0.900. The molecule has 0 amide bonds. The van der Waals surface area contributed by atoms with Crippen LogP contribution in [0.4, 0.5) is 0 Å². The van der Waals surface area contributed by atoms with Crippen LogP contribution in [0.1, 0.15) is 36.6 Å². The number of nitrogens with zero attached hydrogens (tertiary/aromatic N) is 2. The summed E-state index contributed by atoms with van der Waals surface area (Å²) in [4.78, 5) is 4.56. The van der Waals surface area contributed by atoms with Crippen LogP contribution >= 0.6 is 0 Å². The second kappa shape index (κ2) is 8.52. The van der Waals surface area contributed by atoms with Crippen molar-refractivity contribution in [3.05, 3.63) is 34.9 Å². The first-order valence-corrected chi connectivity index (χ1v) is 7.92. The molecule has 1 N–H and O–H groups in total. The molecule has 0 aliphatic rings. The summed E-state index contributed by atoms with van der Waals surface area (Å²) in [5, 5.41) is 10.6. The van der Waals surface area contributed by atoms with Crippen molar-refractivity contribution in [2.24, 2.45) is 5.92 Å². The molecular weight excluding hydrogens is 260 g/mol. The summed E-state index contributed by atoms with van der Waals surface area (Å²) in [6, 6.07) is 6.29. The molecule has 1 atom stereocenters. The quantitative estimate of drug-likeness (QED) is 0.798. The van der Waals surface area contributed by atoms with Gasteiger partial charge in [-0.25, -0.2) is 0 Å². The van der Waals surface area contributed by atoms with E-state index in [1.165, 1.54) is 11.1 Å². The zero-order valence-corrected chi connectivity index (χ0v) is 14.6. The molecule has 0 radical (unpaired) electrons. The summed E-state index contributed by atoms with van der Waals surface area (Å²) in [6.07, 6.45) is -0.411. The van der Waals surface area contributed by atoms with Crippen LogP contribution in [0.15, 0.2) is 18.2 Å². The topological polar surface area (TPSA) is 26.7 Å². The number of hydrogen-bond acceptors (Lipinski definition) is 3. The van der Waals surface area contributed by atoms with Gasteiger partial charge < -0.3 is 10.0 Å². The Labute approximate surface area is 130 Å². The average molecular weight is 292 g/mol. The van der Waals surface area contributed by atoms with Crippen molar-refractivity contribution in [3.8, 4) is 0 Å². The lowest BCUT2D eigenvalue weighted by molar-refractivity contribution is 0.101. The van der Waals surface area contributed by atoms with Crippen LogP contribution in [0.25, 0.3) is 0 Å². The highest BCUT2D eigenvalue weighted by Gasteiger charge is 2.16. The van der Waals surface area contributed by atoms with Gasteiger partial charge in [-0.05, 0) is 45.0 Å². The Morgan fingerprint density at radius 1 is 1.05 bits per heavy atom. The Morgan fingerprint density at radius 3 is 2.24 bits per heavy atom. The maximum absolute atomic E-state index is 10.6.